The lowest BCUT2D eigenvalue weighted by Crippen LogP contribution is -2.51. The fraction of sp³-hybridized carbons (Fsp3) is 0.353. The van der Waals surface area contributed by atoms with Crippen LogP contribution in [0.25, 0.3) is 0 Å². The third kappa shape index (κ3) is 3.00. The number of nitrogens with zero attached hydrogens (tertiary/aromatic N) is 1. The summed E-state index contributed by atoms with van der Waals surface area (Å²) in [5, 5.41) is 9.56. The molecule has 112 valence electrons. The van der Waals surface area contributed by atoms with Gasteiger partial charge in [0.2, 0.25) is 0 Å². The zero-order valence-corrected chi connectivity index (χ0v) is 12.6. The van der Waals surface area contributed by atoms with E-state index in [1.807, 2.05) is 54.3 Å². The second kappa shape index (κ2) is 6.14. The van der Waals surface area contributed by atoms with Gasteiger partial charge in [-0.1, -0.05) is 37.3 Å². The quantitative estimate of drug-likeness (QED) is 0.882. The molecule has 0 amide bonds. The number of carboxylic acid groups (broad SMARTS) is 1. The number of hydrogen-bond donors (Lipinski definition) is 1. The third-order valence-corrected chi connectivity index (χ3v) is 3.82. The molecular weight excluding hydrogens is 266 g/mol. The molecule has 1 atom stereocenters. The van der Waals surface area contributed by atoms with E-state index < -0.39 is 11.5 Å². The number of carboxylic acids is 1. The van der Waals surface area contributed by atoms with Crippen LogP contribution in [0.1, 0.15) is 38.1 Å². The molecule has 0 fully saturated rings. The van der Waals surface area contributed by atoms with Crippen LogP contribution in [0.5, 0.6) is 0 Å². The predicted molar refractivity (Wildman–Crippen MR) is 81.1 cm³/mol. The molecule has 0 saturated carbocycles. The molecule has 0 aliphatic carbocycles. The van der Waals surface area contributed by atoms with Crippen molar-refractivity contribution in [3.63, 3.8) is 0 Å². The highest BCUT2D eigenvalue weighted by Crippen LogP contribution is 2.34. The summed E-state index contributed by atoms with van der Waals surface area (Å²) in [6.07, 6.45) is 1.62. The standard InChI is InChI=1S/C17H21NO3/c1-4-18(17(2,3)16(19)20)15(14-11-8-12-21-14)13-9-6-5-7-10-13/h5-12,15H,4H2,1-3H3,(H,19,20). The lowest BCUT2D eigenvalue weighted by molar-refractivity contribution is -0.150. The second-order valence-electron chi connectivity index (χ2n) is 5.48. The van der Waals surface area contributed by atoms with Crippen LogP contribution in [0.15, 0.2) is 53.1 Å². The molecule has 1 aromatic heterocycles. The Balaban J connectivity index is 2.51. The molecule has 4 heteroatoms. The van der Waals surface area contributed by atoms with Crippen LogP contribution in [0, 0.1) is 0 Å². The van der Waals surface area contributed by atoms with E-state index in [2.05, 4.69) is 0 Å². The number of rotatable bonds is 6. The van der Waals surface area contributed by atoms with E-state index in [9.17, 15) is 9.90 Å². The summed E-state index contributed by atoms with van der Waals surface area (Å²) >= 11 is 0. The largest absolute Gasteiger partial charge is 0.480 e. The summed E-state index contributed by atoms with van der Waals surface area (Å²) in [4.78, 5) is 13.6. The number of carbonyl (C=O) groups is 1. The molecular formula is C17H21NO3. The first-order valence-corrected chi connectivity index (χ1v) is 7.07. The van der Waals surface area contributed by atoms with Crippen molar-refractivity contribution in [3.05, 3.63) is 60.1 Å². The van der Waals surface area contributed by atoms with Crippen LogP contribution in [-0.4, -0.2) is 28.1 Å². The van der Waals surface area contributed by atoms with Crippen LogP contribution in [0.3, 0.4) is 0 Å². The van der Waals surface area contributed by atoms with Crippen molar-refractivity contribution in [3.8, 4) is 0 Å². The van der Waals surface area contributed by atoms with Gasteiger partial charge in [-0.2, -0.15) is 0 Å². The van der Waals surface area contributed by atoms with Crippen molar-refractivity contribution in [2.24, 2.45) is 0 Å². The molecule has 0 saturated heterocycles. The summed E-state index contributed by atoms with van der Waals surface area (Å²) in [5.41, 5.74) is 0.0193. The maximum atomic E-state index is 11.7. The Labute approximate surface area is 125 Å². The molecule has 0 spiro atoms. The second-order valence-corrected chi connectivity index (χ2v) is 5.48. The molecule has 0 radical (unpaired) electrons. The molecule has 0 aliphatic heterocycles. The van der Waals surface area contributed by atoms with Crippen molar-refractivity contribution in [2.45, 2.75) is 32.4 Å². The summed E-state index contributed by atoms with van der Waals surface area (Å²) in [5.74, 6) is -0.103. The smallest absolute Gasteiger partial charge is 0.323 e. The van der Waals surface area contributed by atoms with Crippen molar-refractivity contribution < 1.29 is 14.3 Å². The molecule has 4 nitrogen and oxygen atoms in total. The van der Waals surface area contributed by atoms with E-state index in [0.717, 1.165) is 11.3 Å². The Kier molecular flexibility index (Phi) is 4.48. The van der Waals surface area contributed by atoms with Gasteiger partial charge in [0, 0.05) is 0 Å². The first-order valence-electron chi connectivity index (χ1n) is 7.07. The fourth-order valence-electron chi connectivity index (χ4n) is 2.60. The van der Waals surface area contributed by atoms with Gasteiger partial charge in [-0.15, -0.1) is 0 Å². The minimum atomic E-state index is -0.998. The van der Waals surface area contributed by atoms with Crippen molar-refractivity contribution in [1.82, 2.24) is 4.90 Å². The maximum absolute atomic E-state index is 11.7. The van der Waals surface area contributed by atoms with Crippen LogP contribution >= 0.6 is 0 Å². The number of benzene rings is 1. The third-order valence-electron chi connectivity index (χ3n) is 3.82. The normalized spacial score (nSPS) is 13.3. The molecule has 1 N–H and O–H groups in total. The summed E-state index contributed by atoms with van der Waals surface area (Å²) in [6, 6.07) is 13.3. The van der Waals surface area contributed by atoms with Gasteiger partial charge in [-0.25, -0.2) is 0 Å². The summed E-state index contributed by atoms with van der Waals surface area (Å²) in [6.45, 7) is 6.00. The van der Waals surface area contributed by atoms with Gasteiger partial charge in [0.1, 0.15) is 11.3 Å². The Morgan fingerprint density at radius 1 is 1.24 bits per heavy atom. The number of furan rings is 1. The van der Waals surface area contributed by atoms with Gasteiger partial charge in [-0.05, 0) is 38.1 Å². The van der Waals surface area contributed by atoms with E-state index in [1.165, 1.54) is 0 Å². The van der Waals surface area contributed by atoms with Gasteiger partial charge in [0.25, 0.3) is 0 Å². The monoisotopic (exact) mass is 287 g/mol. The minimum Gasteiger partial charge on any atom is -0.480 e. The van der Waals surface area contributed by atoms with E-state index in [4.69, 9.17) is 4.42 Å². The topological polar surface area (TPSA) is 53.7 Å². The first kappa shape index (κ1) is 15.3. The highest BCUT2D eigenvalue weighted by atomic mass is 16.4. The highest BCUT2D eigenvalue weighted by Gasteiger charge is 2.40. The highest BCUT2D eigenvalue weighted by molar-refractivity contribution is 5.77. The Morgan fingerprint density at radius 2 is 1.90 bits per heavy atom. The number of likely N-dealkylation sites (N-methyl/N-ethyl adjacent to an activating group) is 1. The molecule has 1 heterocycles. The van der Waals surface area contributed by atoms with Gasteiger partial charge < -0.3 is 9.52 Å². The Hall–Kier alpha value is -2.07. The molecule has 1 aromatic carbocycles. The number of aliphatic carboxylic acids is 1. The van der Waals surface area contributed by atoms with Crippen molar-refractivity contribution in [2.75, 3.05) is 6.54 Å². The van der Waals surface area contributed by atoms with Gasteiger partial charge in [0.05, 0.1) is 12.3 Å². The van der Waals surface area contributed by atoms with Gasteiger partial charge >= 0.3 is 5.97 Å². The van der Waals surface area contributed by atoms with E-state index in [1.54, 1.807) is 20.1 Å². The zero-order chi connectivity index (χ0) is 15.5. The Bertz CT molecular complexity index is 575. The van der Waals surface area contributed by atoms with Crippen molar-refractivity contribution in [1.29, 1.82) is 0 Å². The average Bonchev–Trinajstić information content (AvgIpc) is 2.98. The van der Waals surface area contributed by atoms with Crippen LogP contribution in [0.4, 0.5) is 0 Å². The van der Waals surface area contributed by atoms with Gasteiger partial charge in [0.15, 0.2) is 0 Å². The first-order chi connectivity index (χ1) is 9.98. The maximum Gasteiger partial charge on any atom is 0.323 e. The molecule has 2 aromatic rings. The molecule has 1 unspecified atom stereocenters. The molecule has 21 heavy (non-hydrogen) atoms. The average molecular weight is 287 g/mol. The lowest BCUT2D eigenvalue weighted by Gasteiger charge is -2.39. The van der Waals surface area contributed by atoms with E-state index >= 15 is 0 Å². The molecule has 2 rings (SSSR count). The summed E-state index contributed by atoms with van der Waals surface area (Å²) < 4.78 is 5.57. The van der Waals surface area contributed by atoms with Gasteiger partial charge in [-0.3, -0.25) is 9.69 Å². The van der Waals surface area contributed by atoms with Crippen LogP contribution < -0.4 is 0 Å². The molecule has 0 bridgehead atoms. The predicted octanol–water partition coefficient (Wildman–Crippen LogP) is 3.55. The van der Waals surface area contributed by atoms with E-state index in [0.29, 0.717) is 6.54 Å². The Morgan fingerprint density at radius 3 is 2.38 bits per heavy atom. The van der Waals surface area contributed by atoms with E-state index in [-0.39, 0.29) is 6.04 Å². The van der Waals surface area contributed by atoms with Crippen molar-refractivity contribution >= 4 is 5.97 Å². The lowest BCUT2D eigenvalue weighted by atomic mass is 9.95. The number of hydrogen-bond acceptors (Lipinski definition) is 3. The van der Waals surface area contributed by atoms with Crippen LogP contribution in [0.2, 0.25) is 0 Å². The molecule has 0 aliphatic rings. The van der Waals surface area contributed by atoms with Crippen LogP contribution in [-0.2, 0) is 4.79 Å². The summed E-state index contributed by atoms with van der Waals surface area (Å²) in [7, 11) is 0. The zero-order valence-electron chi connectivity index (χ0n) is 12.6. The minimum absolute atomic E-state index is 0.225. The SMILES string of the molecule is CCN(C(c1ccccc1)c1ccco1)C(C)(C)C(=O)O. The fourth-order valence-corrected chi connectivity index (χ4v) is 2.60.